The van der Waals surface area contributed by atoms with Crippen molar-refractivity contribution in [2.24, 2.45) is 0 Å². The van der Waals surface area contributed by atoms with Crippen LogP contribution < -0.4 is 4.90 Å². The highest BCUT2D eigenvalue weighted by atomic mass is 16.2. The zero-order valence-corrected chi connectivity index (χ0v) is 18.2. The number of aromatic nitrogens is 2. The highest BCUT2D eigenvalue weighted by molar-refractivity contribution is 6.21. The molecule has 0 radical (unpaired) electrons. The minimum atomic E-state index is -0.321. The van der Waals surface area contributed by atoms with Crippen LogP contribution in [0, 0.1) is 6.92 Å². The number of imide groups is 1. The molecule has 1 aromatic heterocycles. The van der Waals surface area contributed by atoms with Crippen LogP contribution in [0.15, 0.2) is 30.3 Å². The highest BCUT2D eigenvalue weighted by Gasteiger charge is 2.35. The topological polar surface area (TPSA) is 86.7 Å². The van der Waals surface area contributed by atoms with Gasteiger partial charge in [0.25, 0.3) is 11.8 Å². The number of rotatable bonds is 5. The smallest absolute Gasteiger partial charge is 0.261 e. The van der Waals surface area contributed by atoms with Crippen LogP contribution in [0.1, 0.15) is 58.4 Å². The van der Waals surface area contributed by atoms with Gasteiger partial charge < -0.3 is 9.80 Å². The molecule has 0 saturated carbocycles. The minimum absolute atomic E-state index is 0.0436. The van der Waals surface area contributed by atoms with E-state index in [1.54, 1.807) is 29.2 Å². The van der Waals surface area contributed by atoms with E-state index in [1.165, 1.54) is 4.90 Å². The van der Waals surface area contributed by atoms with Gasteiger partial charge in [0.15, 0.2) is 0 Å². The number of carbonyl (C=O) groups excluding carboxylic acids is 3. The summed E-state index contributed by atoms with van der Waals surface area (Å²) < 4.78 is 0. The van der Waals surface area contributed by atoms with Gasteiger partial charge in [-0.2, -0.15) is 0 Å². The number of carbonyl (C=O) groups is 3. The summed E-state index contributed by atoms with van der Waals surface area (Å²) in [6.07, 6.45) is 0.135. The lowest BCUT2D eigenvalue weighted by Gasteiger charge is -2.36. The number of aryl methyl sites for hydroxylation is 1. The van der Waals surface area contributed by atoms with Gasteiger partial charge in [0.1, 0.15) is 11.6 Å². The SMILES string of the molecule is Cc1cc(N2CCN(C(=O)CCN3C(=O)c4ccccc4C3=O)CC2)nc(C(C)C)n1. The number of anilines is 1. The van der Waals surface area contributed by atoms with Gasteiger partial charge in [0, 0.05) is 56.8 Å². The van der Waals surface area contributed by atoms with E-state index in [2.05, 4.69) is 28.7 Å². The zero-order chi connectivity index (χ0) is 22.1. The van der Waals surface area contributed by atoms with Crippen molar-refractivity contribution in [2.45, 2.75) is 33.1 Å². The number of nitrogens with zero attached hydrogens (tertiary/aromatic N) is 5. The number of hydrogen-bond donors (Lipinski definition) is 0. The van der Waals surface area contributed by atoms with Crippen molar-refractivity contribution in [3.05, 3.63) is 53.0 Å². The van der Waals surface area contributed by atoms with Gasteiger partial charge in [0.05, 0.1) is 11.1 Å². The van der Waals surface area contributed by atoms with Crippen LogP contribution in [0.2, 0.25) is 0 Å². The Bertz CT molecular complexity index is 993. The van der Waals surface area contributed by atoms with Crippen LogP contribution in [0.25, 0.3) is 0 Å². The standard InChI is InChI=1S/C23H27N5O3/c1-15(2)21-24-16(3)14-19(25-21)26-10-12-27(13-11-26)20(29)8-9-28-22(30)17-6-4-5-7-18(17)23(28)31/h4-7,14-15H,8-13H2,1-3H3. The first-order chi connectivity index (χ1) is 14.8. The van der Waals surface area contributed by atoms with E-state index in [1.807, 2.05) is 13.0 Å². The first kappa shape index (κ1) is 21.0. The number of hydrogen-bond acceptors (Lipinski definition) is 6. The lowest BCUT2D eigenvalue weighted by atomic mass is 10.1. The number of piperazine rings is 1. The lowest BCUT2D eigenvalue weighted by molar-refractivity contribution is -0.131. The number of fused-ring (bicyclic) bond motifs is 1. The summed E-state index contributed by atoms with van der Waals surface area (Å²) in [6.45, 7) is 8.76. The molecule has 0 spiro atoms. The average Bonchev–Trinajstić information content (AvgIpc) is 3.01. The van der Waals surface area contributed by atoms with Crippen molar-refractivity contribution in [1.82, 2.24) is 19.8 Å². The average molecular weight is 422 g/mol. The van der Waals surface area contributed by atoms with Gasteiger partial charge in [-0.15, -0.1) is 0 Å². The van der Waals surface area contributed by atoms with Crippen molar-refractivity contribution in [3.8, 4) is 0 Å². The molecular weight excluding hydrogens is 394 g/mol. The molecule has 0 aliphatic carbocycles. The Kier molecular flexibility index (Phi) is 5.71. The molecule has 3 heterocycles. The Labute approximate surface area is 181 Å². The second-order valence-electron chi connectivity index (χ2n) is 8.31. The zero-order valence-electron chi connectivity index (χ0n) is 18.2. The van der Waals surface area contributed by atoms with Gasteiger partial charge in [-0.25, -0.2) is 9.97 Å². The molecule has 3 amide bonds. The van der Waals surface area contributed by atoms with Gasteiger partial charge in [-0.05, 0) is 19.1 Å². The molecular formula is C23H27N5O3. The van der Waals surface area contributed by atoms with Crippen molar-refractivity contribution >= 4 is 23.5 Å². The quantitative estimate of drug-likeness (QED) is 0.688. The molecule has 4 rings (SSSR count). The predicted molar refractivity (Wildman–Crippen MR) is 116 cm³/mol. The third-order valence-corrected chi connectivity index (χ3v) is 5.76. The van der Waals surface area contributed by atoms with Gasteiger partial charge in [-0.3, -0.25) is 19.3 Å². The fourth-order valence-electron chi connectivity index (χ4n) is 3.99. The van der Waals surface area contributed by atoms with Gasteiger partial charge >= 0.3 is 0 Å². The van der Waals surface area contributed by atoms with E-state index in [4.69, 9.17) is 0 Å². The summed E-state index contributed by atoms with van der Waals surface area (Å²) in [5.41, 5.74) is 1.76. The normalized spacial score (nSPS) is 16.3. The Morgan fingerprint density at radius 1 is 1.00 bits per heavy atom. The summed E-state index contributed by atoms with van der Waals surface area (Å²) in [4.78, 5) is 52.0. The maximum atomic E-state index is 12.7. The summed E-state index contributed by atoms with van der Waals surface area (Å²) in [5, 5.41) is 0. The van der Waals surface area contributed by atoms with Gasteiger partial charge in [-0.1, -0.05) is 26.0 Å². The third kappa shape index (κ3) is 4.15. The largest absolute Gasteiger partial charge is 0.353 e. The maximum absolute atomic E-state index is 12.7. The second kappa shape index (κ2) is 8.45. The monoisotopic (exact) mass is 421 g/mol. The van der Waals surface area contributed by atoms with E-state index in [0.717, 1.165) is 17.3 Å². The molecule has 2 aliphatic rings. The molecule has 1 saturated heterocycles. The Morgan fingerprint density at radius 2 is 1.61 bits per heavy atom. The van der Waals surface area contributed by atoms with Crippen LogP contribution in [0.4, 0.5) is 5.82 Å². The summed E-state index contributed by atoms with van der Waals surface area (Å²) in [6, 6.07) is 8.75. The molecule has 0 unspecified atom stereocenters. The molecule has 0 atom stereocenters. The van der Waals surface area contributed by atoms with Crippen LogP contribution in [-0.2, 0) is 4.79 Å². The molecule has 0 N–H and O–H groups in total. The maximum Gasteiger partial charge on any atom is 0.261 e. The van der Waals surface area contributed by atoms with E-state index >= 15 is 0 Å². The van der Waals surface area contributed by atoms with E-state index in [9.17, 15) is 14.4 Å². The van der Waals surface area contributed by atoms with E-state index < -0.39 is 0 Å². The Morgan fingerprint density at radius 3 is 2.19 bits per heavy atom. The molecule has 1 aromatic carbocycles. The summed E-state index contributed by atoms with van der Waals surface area (Å²) >= 11 is 0. The van der Waals surface area contributed by atoms with E-state index in [-0.39, 0.29) is 36.6 Å². The summed E-state index contributed by atoms with van der Waals surface area (Å²) in [7, 11) is 0. The molecule has 2 aromatic rings. The van der Waals surface area contributed by atoms with Crippen molar-refractivity contribution in [2.75, 3.05) is 37.6 Å². The molecule has 1 fully saturated rings. The molecule has 162 valence electrons. The predicted octanol–water partition coefficient (Wildman–Crippen LogP) is 2.24. The summed E-state index contributed by atoms with van der Waals surface area (Å²) in [5.74, 6) is 1.29. The Balaban J connectivity index is 1.32. The van der Waals surface area contributed by atoms with Crippen molar-refractivity contribution in [3.63, 3.8) is 0 Å². The van der Waals surface area contributed by atoms with E-state index in [0.29, 0.717) is 37.3 Å². The number of amides is 3. The highest BCUT2D eigenvalue weighted by Crippen LogP contribution is 2.23. The van der Waals surface area contributed by atoms with Crippen LogP contribution in [0.3, 0.4) is 0 Å². The van der Waals surface area contributed by atoms with Crippen molar-refractivity contribution < 1.29 is 14.4 Å². The Hall–Kier alpha value is -3.29. The van der Waals surface area contributed by atoms with Crippen molar-refractivity contribution in [1.29, 1.82) is 0 Å². The first-order valence-corrected chi connectivity index (χ1v) is 10.7. The minimum Gasteiger partial charge on any atom is -0.353 e. The lowest BCUT2D eigenvalue weighted by Crippen LogP contribution is -2.49. The molecule has 8 heteroatoms. The fourth-order valence-corrected chi connectivity index (χ4v) is 3.99. The molecule has 31 heavy (non-hydrogen) atoms. The van der Waals surface area contributed by atoms with Crippen LogP contribution in [-0.4, -0.2) is 70.2 Å². The molecule has 8 nitrogen and oxygen atoms in total. The molecule has 0 bridgehead atoms. The molecule has 2 aliphatic heterocycles. The number of benzene rings is 1. The van der Waals surface area contributed by atoms with Gasteiger partial charge in [0.2, 0.25) is 5.91 Å². The van der Waals surface area contributed by atoms with Crippen LogP contribution >= 0.6 is 0 Å². The third-order valence-electron chi connectivity index (χ3n) is 5.76. The second-order valence-corrected chi connectivity index (χ2v) is 8.31. The fraction of sp³-hybridized carbons (Fsp3) is 0.435. The van der Waals surface area contributed by atoms with Crippen LogP contribution in [0.5, 0.6) is 0 Å². The first-order valence-electron chi connectivity index (χ1n) is 10.7.